The molecule has 0 atom stereocenters. The number of amides is 1. The van der Waals surface area contributed by atoms with Crippen LogP contribution in [-0.4, -0.2) is 21.1 Å². The average Bonchev–Trinajstić information content (AvgIpc) is 3.08. The summed E-state index contributed by atoms with van der Waals surface area (Å²) in [5.41, 5.74) is 3.02. The monoisotopic (exact) mass is 322 g/mol. The summed E-state index contributed by atoms with van der Waals surface area (Å²) in [4.78, 5) is 16.0. The zero-order valence-electron chi connectivity index (χ0n) is 13.4. The van der Waals surface area contributed by atoms with Crippen LogP contribution in [0.15, 0.2) is 53.2 Å². The van der Waals surface area contributed by atoms with Crippen LogP contribution in [0.4, 0.5) is 0 Å². The summed E-state index contributed by atoms with van der Waals surface area (Å²) in [7, 11) is 0. The molecule has 1 aromatic carbocycles. The van der Waals surface area contributed by atoms with Gasteiger partial charge in [0.25, 0.3) is 0 Å². The van der Waals surface area contributed by atoms with E-state index in [0.717, 1.165) is 11.1 Å². The Hall–Kier alpha value is -3.02. The van der Waals surface area contributed by atoms with Crippen LogP contribution in [0, 0.1) is 6.92 Å². The van der Waals surface area contributed by atoms with Gasteiger partial charge in [0.2, 0.25) is 17.7 Å². The number of carbonyl (C=O) groups is 1. The number of hydrogen-bond acceptors (Lipinski definition) is 5. The normalized spacial score (nSPS) is 10.5. The van der Waals surface area contributed by atoms with E-state index >= 15 is 0 Å². The van der Waals surface area contributed by atoms with Crippen LogP contribution < -0.4 is 5.32 Å². The summed E-state index contributed by atoms with van der Waals surface area (Å²) < 4.78 is 5.56. The molecule has 3 aromatic rings. The van der Waals surface area contributed by atoms with Gasteiger partial charge in [-0.1, -0.05) is 29.8 Å². The highest BCUT2D eigenvalue weighted by atomic mass is 16.4. The first-order chi connectivity index (χ1) is 11.7. The quantitative estimate of drug-likeness (QED) is 0.754. The summed E-state index contributed by atoms with van der Waals surface area (Å²) in [5.74, 6) is 0.815. The number of pyridine rings is 1. The molecule has 2 aromatic heterocycles. The van der Waals surface area contributed by atoms with E-state index in [0.29, 0.717) is 31.2 Å². The zero-order valence-corrected chi connectivity index (χ0v) is 13.4. The predicted molar refractivity (Wildman–Crippen MR) is 88.9 cm³/mol. The molecule has 0 saturated carbocycles. The Morgan fingerprint density at radius 1 is 1.21 bits per heavy atom. The van der Waals surface area contributed by atoms with Crippen molar-refractivity contribution in [2.24, 2.45) is 0 Å². The average molecular weight is 322 g/mol. The van der Waals surface area contributed by atoms with Crippen LogP contribution in [0.1, 0.15) is 23.4 Å². The summed E-state index contributed by atoms with van der Waals surface area (Å²) in [5, 5.41) is 10.8. The molecule has 0 fully saturated rings. The highest BCUT2D eigenvalue weighted by molar-refractivity contribution is 5.76. The Kier molecular flexibility index (Phi) is 4.96. The summed E-state index contributed by atoms with van der Waals surface area (Å²) in [6.45, 7) is 2.55. The maximum absolute atomic E-state index is 11.9. The maximum Gasteiger partial charge on any atom is 0.249 e. The number of benzene rings is 1. The van der Waals surface area contributed by atoms with Crippen LogP contribution in [0.25, 0.3) is 11.5 Å². The molecule has 1 amide bonds. The standard InChI is InChI=1S/C18H18N4O2/c1-13-4-2-5-14(10-13)11-20-16(23)7-8-17-21-22-18(24-17)15-6-3-9-19-12-15/h2-6,9-10,12H,7-8,11H2,1H3,(H,20,23). The lowest BCUT2D eigenvalue weighted by molar-refractivity contribution is -0.121. The fourth-order valence-corrected chi connectivity index (χ4v) is 2.29. The molecule has 3 rings (SSSR count). The Balaban J connectivity index is 1.49. The summed E-state index contributed by atoms with van der Waals surface area (Å²) in [6, 6.07) is 11.7. The minimum absolute atomic E-state index is 0.0439. The Morgan fingerprint density at radius 3 is 2.92 bits per heavy atom. The second-order valence-corrected chi connectivity index (χ2v) is 5.51. The molecule has 0 bridgehead atoms. The van der Waals surface area contributed by atoms with E-state index in [9.17, 15) is 4.79 Å². The number of aromatic nitrogens is 3. The molecular weight excluding hydrogens is 304 g/mol. The van der Waals surface area contributed by atoms with Gasteiger partial charge in [-0.15, -0.1) is 10.2 Å². The van der Waals surface area contributed by atoms with E-state index in [1.54, 1.807) is 18.5 Å². The van der Waals surface area contributed by atoms with Gasteiger partial charge < -0.3 is 9.73 Å². The highest BCUT2D eigenvalue weighted by Crippen LogP contribution is 2.16. The molecule has 1 N–H and O–H groups in total. The molecule has 24 heavy (non-hydrogen) atoms. The third-order valence-electron chi connectivity index (χ3n) is 3.51. The molecule has 0 radical (unpaired) electrons. The predicted octanol–water partition coefficient (Wildman–Crippen LogP) is 2.69. The Bertz CT molecular complexity index is 815. The number of nitrogens with zero attached hydrogens (tertiary/aromatic N) is 3. The highest BCUT2D eigenvalue weighted by Gasteiger charge is 2.10. The van der Waals surface area contributed by atoms with Gasteiger partial charge in [0.05, 0.1) is 5.56 Å². The fraction of sp³-hybridized carbons (Fsp3) is 0.222. The van der Waals surface area contributed by atoms with Crippen molar-refractivity contribution < 1.29 is 9.21 Å². The van der Waals surface area contributed by atoms with Crippen LogP contribution in [0.3, 0.4) is 0 Å². The third kappa shape index (κ3) is 4.25. The topological polar surface area (TPSA) is 80.9 Å². The largest absolute Gasteiger partial charge is 0.421 e. The van der Waals surface area contributed by atoms with E-state index in [2.05, 4.69) is 26.6 Å². The van der Waals surface area contributed by atoms with Crippen molar-refractivity contribution in [3.05, 3.63) is 65.8 Å². The van der Waals surface area contributed by atoms with E-state index < -0.39 is 0 Å². The number of aryl methyl sites for hydroxylation is 2. The fourth-order valence-electron chi connectivity index (χ4n) is 2.29. The van der Waals surface area contributed by atoms with Crippen molar-refractivity contribution in [3.8, 4) is 11.5 Å². The van der Waals surface area contributed by atoms with E-state index in [4.69, 9.17) is 4.42 Å². The number of rotatable bonds is 6. The molecule has 0 saturated heterocycles. The first-order valence-electron chi connectivity index (χ1n) is 7.76. The van der Waals surface area contributed by atoms with E-state index in [1.807, 2.05) is 31.2 Å². The number of carbonyl (C=O) groups excluding carboxylic acids is 1. The zero-order chi connectivity index (χ0) is 16.8. The van der Waals surface area contributed by atoms with Gasteiger partial charge in [-0.25, -0.2) is 0 Å². The molecule has 0 spiro atoms. The first-order valence-corrected chi connectivity index (χ1v) is 7.76. The van der Waals surface area contributed by atoms with Crippen LogP contribution in [-0.2, 0) is 17.8 Å². The molecule has 6 heteroatoms. The Labute approximate surface area is 140 Å². The third-order valence-corrected chi connectivity index (χ3v) is 3.51. The minimum Gasteiger partial charge on any atom is -0.421 e. The lowest BCUT2D eigenvalue weighted by Gasteiger charge is -2.05. The van der Waals surface area contributed by atoms with Gasteiger partial charge in [-0.2, -0.15) is 0 Å². The first kappa shape index (κ1) is 15.9. The van der Waals surface area contributed by atoms with E-state index in [-0.39, 0.29) is 5.91 Å². The molecular formula is C18H18N4O2. The van der Waals surface area contributed by atoms with Crippen molar-refractivity contribution in [1.29, 1.82) is 0 Å². The van der Waals surface area contributed by atoms with Gasteiger partial charge >= 0.3 is 0 Å². The van der Waals surface area contributed by atoms with Gasteiger partial charge in [-0.3, -0.25) is 9.78 Å². The molecule has 0 aliphatic rings. The minimum atomic E-state index is -0.0439. The molecule has 122 valence electrons. The lowest BCUT2D eigenvalue weighted by Crippen LogP contribution is -2.23. The van der Waals surface area contributed by atoms with Gasteiger partial charge in [0.1, 0.15) is 0 Å². The molecule has 6 nitrogen and oxygen atoms in total. The summed E-state index contributed by atoms with van der Waals surface area (Å²) in [6.07, 6.45) is 4.05. The Morgan fingerprint density at radius 2 is 2.12 bits per heavy atom. The lowest BCUT2D eigenvalue weighted by atomic mass is 10.1. The van der Waals surface area contributed by atoms with Crippen molar-refractivity contribution in [1.82, 2.24) is 20.5 Å². The second-order valence-electron chi connectivity index (χ2n) is 5.51. The summed E-state index contributed by atoms with van der Waals surface area (Å²) >= 11 is 0. The SMILES string of the molecule is Cc1cccc(CNC(=O)CCc2nnc(-c3cccnc3)o2)c1. The van der Waals surface area contributed by atoms with E-state index in [1.165, 1.54) is 5.56 Å². The molecule has 0 aliphatic carbocycles. The van der Waals surface area contributed by atoms with Crippen molar-refractivity contribution in [2.75, 3.05) is 0 Å². The molecule has 0 unspecified atom stereocenters. The van der Waals surface area contributed by atoms with Crippen molar-refractivity contribution >= 4 is 5.91 Å². The van der Waals surface area contributed by atoms with Gasteiger partial charge in [0, 0.05) is 31.8 Å². The van der Waals surface area contributed by atoms with Crippen molar-refractivity contribution in [2.45, 2.75) is 26.3 Å². The van der Waals surface area contributed by atoms with Crippen LogP contribution >= 0.6 is 0 Å². The maximum atomic E-state index is 11.9. The van der Waals surface area contributed by atoms with Crippen LogP contribution in [0.2, 0.25) is 0 Å². The number of hydrogen-bond donors (Lipinski definition) is 1. The molecule has 2 heterocycles. The van der Waals surface area contributed by atoms with Gasteiger partial charge in [0.15, 0.2) is 0 Å². The number of nitrogens with one attached hydrogen (secondary N) is 1. The smallest absolute Gasteiger partial charge is 0.249 e. The molecule has 0 aliphatic heterocycles. The van der Waals surface area contributed by atoms with Crippen LogP contribution in [0.5, 0.6) is 0 Å². The van der Waals surface area contributed by atoms with Crippen molar-refractivity contribution in [3.63, 3.8) is 0 Å². The van der Waals surface area contributed by atoms with Gasteiger partial charge in [-0.05, 0) is 24.6 Å². The second kappa shape index (κ2) is 7.50.